The molecule has 3 N–H and O–H groups in total. The highest BCUT2D eigenvalue weighted by Gasteiger charge is 2.12. The van der Waals surface area contributed by atoms with Gasteiger partial charge in [-0.1, -0.05) is 18.2 Å². The number of benzene rings is 2. The molecule has 2 aromatic carbocycles. The van der Waals surface area contributed by atoms with Crippen LogP contribution in [0.25, 0.3) is 11.0 Å². The SMILES string of the molecule is COc1ccccc1OC(C)CNCC(O)COc1ccc(C)c2nc[nH]c12. The zero-order chi connectivity index (χ0) is 19.9. The summed E-state index contributed by atoms with van der Waals surface area (Å²) < 4.78 is 16.9. The van der Waals surface area contributed by atoms with Crippen molar-refractivity contribution in [1.82, 2.24) is 15.3 Å². The fourth-order valence-electron chi connectivity index (χ4n) is 2.94. The summed E-state index contributed by atoms with van der Waals surface area (Å²) in [6.45, 7) is 5.14. The fraction of sp³-hybridized carbons (Fsp3) is 0.381. The van der Waals surface area contributed by atoms with E-state index in [1.807, 2.05) is 50.2 Å². The number of H-pyrrole nitrogens is 1. The second-order valence-electron chi connectivity index (χ2n) is 6.71. The van der Waals surface area contributed by atoms with Crippen LogP contribution < -0.4 is 19.5 Å². The summed E-state index contributed by atoms with van der Waals surface area (Å²) in [6.07, 6.45) is 0.926. The number of nitrogens with one attached hydrogen (secondary N) is 2. The molecule has 0 spiro atoms. The number of ether oxygens (including phenoxy) is 3. The maximum atomic E-state index is 10.2. The molecule has 7 heteroatoms. The summed E-state index contributed by atoms with van der Waals surface area (Å²) in [5, 5.41) is 13.4. The molecule has 0 aliphatic heterocycles. The quantitative estimate of drug-likeness (QED) is 0.497. The van der Waals surface area contributed by atoms with Gasteiger partial charge in [0.05, 0.1) is 19.0 Å². The van der Waals surface area contributed by atoms with Gasteiger partial charge in [-0.2, -0.15) is 0 Å². The van der Waals surface area contributed by atoms with Crippen LogP contribution in [0.15, 0.2) is 42.7 Å². The number of rotatable bonds is 10. The molecule has 0 radical (unpaired) electrons. The first-order chi connectivity index (χ1) is 13.6. The number of hydrogen-bond donors (Lipinski definition) is 3. The smallest absolute Gasteiger partial charge is 0.161 e. The van der Waals surface area contributed by atoms with E-state index in [0.717, 1.165) is 16.6 Å². The number of hydrogen-bond acceptors (Lipinski definition) is 6. The highest BCUT2D eigenvalue weighted by atomic mass is 16.5. The van der Waals surface area contributed by atoms with E-state index in [9.17, 15) is 5.11 Å². The van der Waals surface area contributed by atoms with Crippen LogP contribution >= 0.6 is 0 Å². The third-order valence-electron chi connectivity index (χ3n) is 4.38. The zero-order valence-corrected chi connectivity index (χ0v) is 16.4. The summed E-state index contributed by atoms with van der Waals surface area (Å²) in [7, 11) is 1.62. The number of aromatic nitrogens is 2. The number of aliphatic hydroxyl groups is 1. The number of para-hydroxylation sites is 2. The lowest BCUT2D eigenvalue weighted by Crippen LogP contribution is -2.36. The van der Waals surface area contributed by atoms with E-state index in [-0.39, 0.29) is 12.7 Å². The predicted octanol–water partition coefficient (Wildman–Crippen LogP) is 2.68. The van der Waals surface area contributed by atoms with Crippen LogP contribution in [-0.4, -0.2) is 54.1 Å². The molecule has 0 fully saturated rings. The molecule has 0 amide bonds. The Hall–Kier alpha value is -2.77. The first kappa shape index (κ1) is 20.0. The summed E-state index contributed by atoms with van der Waals surface area (Å²) >= 11 is 0. The summed E-state index contributed by atoms with van der Waals surface area (Å²) in [4.78, 5) is 7.37. The molecular weight excluding hydrogens is 358 g/mol. The molecule has 0 bridgehead atoms. The van der Waals surface area contributed by atoms with Crippen LogP contribution in [-0.2, 0) is 0 Å². The van der Waals surface area contributed by atoms with Gasteiger partial charge in [0.15, 0.2) is 11.5 Å². The van der Waals surface area contributed by atoms with E-state index >= 15 is 0 Å². The van der Waals surface area contributed by atoms with Crippen LogP contribution in [0.1, 0.15) is 12.5 Å². The fourth-order valence-corrected chi connectivity index (χ4v) is 2.94. The van der Waals surface area contributed by atoms with Gasteiger partial charge in [-0.3, -0.25) is 0 Å². The Kier molecular flexibility index (Phi) is 6.73. The molecule has 0 aliphatic carbocycles. The number of aliphatic hydroxyl groups excluding tert-OH is 1. The number of fused-ring (bicyclic) bond motifs is 1. The minimum Gasteiger partial charge on any atom is -0.493 e. The standard InChI is InChI=1S/C21H27N3O4/c1-14-8-9-19(21-20(14)23-13-24-21)27-12-16(25)11-22-10-15(2)28-18-7-5-4-6-17(18)26-3/h4-9,13,15-16,22,25H,10-12H2,1-3H3,(H,23,24). The number of nitrogens with zero attached hydrogens (tertiary/aromatic N) is 1. The van der Waals surface area contributed by atoms with E-state index in [1.165, 1.54) is 0 Å². The average molecular weight is 385 g/mol. The Morgan fingerprint density at radius 1 is 1.11 bits per heavy atom. The second-order valence-corrected chi connectivity index (χ2v) is 6.71. The highest BCUT2D eigenvalue weighted by Crippen LogP contribution is 2.27. The molecular formula is C21H27N3O4. The first-order valence-electron chi connectivity index (χ1n) is 9.32. The lowest BCUT2D eigenvalue weighted by Gasteiger charge is -2.19. The topological polar surface area (TPSA) is 88.6 Å². The van der Waals surface area contributed by atoms with Crippen LogP contribution in [0, 0.1) is 6.92 Å². The Labute approximate surface area is 164 Å². The van der Waals surface area contributed by atoms with Crippen molar-refractivity contribution in [3.05, 3.63) is 48.3 Å². The van der Waals surface area contributed by atoms with E-state index in [4.69, 9.17) is 14.2 Å². The Balaban J connectivity index is 1.42. The van der Waals surface area contributed by atoms with Crippen molar-refractivity contribution in [2.45, 2.75) is 26.1 Å². The molecule has 0 saturated heterocycles. The van der Waals surface area contributed by atoms with Crippen molar-refractivity contribution < 1.29 is 19.3 Å². The van der Waals surface area contributed by atoms with Gasteiger partial charge >= 0.3 is 0 Å². The summed E-state index contributed by atoms with van der Waals surface area (Å²) in [5.41, 5.74) is 2.81. The molecule has 2 unspecified atom stereocenters. The predicted molar refractivity (Wildman–Crippen MR) is 108 cm³/mol. The minimum atomic E-state index is -0.641. The molecule has 1 aromatic heterocycles. The van der Waals surface area contributed by atoms with Gasteiger partial charge < -0.3 is 29.6 Å². The molecule has 3 aromatic rings. The van der Waals surface area contributed by atoms with E-state index in [2.05, 4.69) is 15.3 Å². The zero-order valence-electron chi connectivity index (χ0n) is 16.4. The van der Waals surface area contributed by atoms with Crippen molar-refractivity contribution in [2.24, 2.45) is 0 Å². The molecule has 2 atom stereocenters. The van der Waals surface area contributed by atoms with Gasteiger partial charge in [0.2, 0.25) is 0 Å². The third-order valence-corrected chi connectivity index (χ3v) is 4.38. The van der Waals surface area contributed by atoms with Gasteiger partial charge in [-0.25, -0.2) is 4.98 Å². The molecule has 150 valence electrons. The number of methoxy groups -OCH3 is 1. The summed E-state index contributed by atoms with van der Waals surface area (Å²) in [6, 6.07) is 11.4. The monoisotopic (exact) mass is 385 g/mol. The summed E-state index contributed by atoms with van der Waals surface area (Å²) in [5.74, 6) is 2.09. The van der Waals surface area contributed by atoms with E-state index < -0.39 is 6.10 Å². The lowest BCUT2D eigenvalue weighted by atomic mass is 10.2. The van der Waals surface area contributed by atoms with Crippen molar-refractivity contribution in [3.8, 4) is 17.2 Å². The van der Waals surface area contributed by atoms with Crippen molar-refractivity contribution >= 4 is 11.0 Å². The Morgan fingerprint density at radius 2 is 1.89 bits per heavy atom. The van der Waals surface area contributed by atoms with E-state index in [0.29, 0.717) is 30.3 Å². The van der Waals surface area contributed by atoms with Crippen LogP contribution in [0.2, 0.25) is 0 Å². The second kappa shape index (κ2) is 9.43. The first-order valence-corrected chi connectivity index (χ1v) is 9.32. The minimum absolute atomic E-state index is 0.0777. The van der Waals surface area contributed by atoms with Crippen molar-refractivity contribution in [3.63, 3.8) is 0 Å². The number of aryl methyl sites for hydroxylation is 1. The maximum absolute atomic E-state index is 10.2. The van der Waals surface area contributed by atoms with Crippen molar-refractivity contribution in [2.75, 3.05) is 26.8 Å². The Bertz CT molecular complexity index is 896. The normalized spacial score (nSPS) is 13.3. The number of imidazole rings is 1. The van der Waals surface area contributed by atoms with Gasteiger partial charge in [0.25, 0.3) is 0 Å². The van der Waals surface area contributed by atoms with Gasteiger partial charge in [0, 0.05) is 13.1 Å². The van der Waals surface area contributed by atoms with Gasteiger partial charge in [-0.15, -0.1) is 0 Å². The lowest BCUT2D eigenvalue weighted by molar-refractivity contribution is 0.103. The maximum Gasteiger partial charge on any atom is 0.161 e. The Morgan fingerprint density at radius 3 is 2.68 bits per heavy atom. The molecule has 0 saturated carbocycles. The largest absolute Gasteiger partial charge is 0.493 e. The molecule has 0 aliphatic rings. The van der Waals surface area contributed by atoms with Gasteiger partial charge in [0.1, 0.15) is 30.1 Å². The molecule has 1 heterocycles. The average Bonchev–Trinajstić information content (AvgIpc) is 3.19. The van der Waals surface area contributed by atoms with E-state index in [1.54, 1.807) is 13.4 Å². The van der Waals surface area contributed by atoms with Gasteiger partial charge in [-0.05, 0) is 37.6 Å². The highest BCUT2D eigenvalue weighted by molar-refractivity contribution is 5.84. The van der Waals surface area contributed by atoms with Crippen molar-refractivity contribution in [1.29, 1.82) is 0 Å². The third kappa shape index (κ3) is 4.94. The molecule has 28 heavy (non-hydrogen) atoms. The van der Waals surface area contributed by atoms with Crippen LogP contribution in [0.4, 0.5) is 0 Å². The molecule has 3 rings (SSSR count). The van der Waals surface area contributed by atoms with Crippen LogP contribution in [0.3, 0.4) is 0 Å². The van der Waals surface area contributed by atoms with Crippen LogP contribution in [0.5, 0.6) is 17.2 Å². The number of aromatic amines is 1. The molecule has 7 nitrogen and oxygen atoms in total.